The predicted molar refractivity (Wildman–Crippen MR) is 170 cm³/mol. The van der Waals surface area contributed by atoms with Gasteiger partial charge in [-0.1, -0.05) is 95.9 Å². The fraction of sp³-hybridized carbons (Fsp3) is 0.375. The molecular weight excluding hydrogens is 616 g/mol. The van der Waals surface area contributed by atoms with Crippen LogP contribution in [0.4, 0.5) is 5.69 Å². The van der Waals surface area contributed by atoms with Crippen LogP contribution >= 0.6 is 15.9 Å². The van der Waals surface area contributed by atoms with Gasteiger partial charge in [0.1, 0.15) is 12.6 Å². The first kappa shape index (κ1) is 31.7. The van der Waals surface area contributed by atoms with Crippen molar-refractivity contribution >= 4 is 43.6 Å². The highest BCUT2D eigenvalue weighted by molar-refractivity contribution is 9.10. The number of nitrogens with one attached hydrogen (secondary N) is 1. The minimum Gasteiger partial charge on any atom is -0.352 e. The van der Waals surface area contributed by atoms with Gasteiger partial charge in [0.2, 0.25) is 11.8 Å². The lowest BCUT2D eigenvalue weighted by molar-refractivity contribution is -0.140. The highest BCUT2D eigenvalue weighted by Crippen LogP contribution is 2.23. The van der Waals surface area contributed by atoms with Gasteiger partial charge in [-0.25, -0.2) is 4.31 Å². The summed E-state index contributed by atoms with van der Waals surface area (Å²) < 4.78 is 30.0. The van der Waals surface area contributed by atoms with Gasteiger partial charge in [-0.05, 0) is 48.2 Å². The van der Waals surface area contributed by atoms with Gasteiger partial charge in [-0.2, -0.15) is 12.7 Å². The van der Waals surface area contributed by atoms with Crippen LogP contribution in [0.15, 0.2) is 89.4 Å². The van der Waals surface area contributed by atoms with Crippen molar-refractivity contribution in [1.29, 1.82) is 0 Å². The second-order valence-corrected chi connectivity index (χ2v) is 13.8. The molecule has 224 valence electrons. The Labute approximate surface area is 258 Å². The Morgan fingerprint density at radius 3 is 2.05 bits per heavy atom. The van der Waals surface area contributed by atoms with E-state index in [-0.39, 0.29) is 18.5 Å². The average Bonchev–Trinajstić information content (AvgIpc) is 2.99. The van der Waals surface area contributed by atoms with E-state index in [2.05, 4.69) is 21.2 Å². The van der Waals surface area contributed by atoms with Gasteiger partial charge >= 0.3 is 10.2 Å². The summed E-state index contributed by atoms with van der Waals surface area (Å²) in [4.78, 5) is 29.9. The summed E-state index contributed by atoms with van der Waals surface area (Å²) in [6, 6.07) is 25.0. The quantitative estimate of drug-likeness (QED) is 0.293. The molecule has 1 saturated carbocycles. The van der Waals surface area contributed by atoms with E-state index in [4.69, 9.17) is 0 Å². The monoisotopic (exact) mass is 654 g/mol. The number of para-hydroxylation sites is 1. The molecular formula is C32H39BrN4O4S. The van der Waals surface area contributed by atoms with Crippen LogP contribution in [-0.2, 0) is 32.8 Å². The second-order valence-electron chi connectivity index (χ2n) is 10.8. The summed E-state index contributed by atoms with van der Waals surface area (Å²) in [5, 5.41) is 3.22. The Morgan fingerprint density at radius 2 is 1.45 bits per heavy atom. The third-order valence-corrected chi connectivity index (χ3v) is 9.90. The van der Waals surface area contributed by atoms with Crippen molar-refractivity contribution in [3.8, 4) is 0 Å². The van der Waals surface area contributed by atoms with E-state index >= 15 is 0 Å². The maximum absolute atomic E-state index is 14.3. The summed E-state index contributed by atoms with van der Waals surface area (Å²) >= 11 is 3.46. The molecule has 0 aliphatic heterocycles. The molecule has 4 rings (SSSR count). The molecule has 0 unspecified atom stereocenters. The highest BCUT2D eigenvalue weighted by atomic mass is 79.9. The molecule has 0 saturated heterocycles. The van der Waals surface area contributed by atoms with E-state index in [1.807, 2.05) is 54.6 Å². The Balaban J connectivity index is 1.73. The Bertz CT molecular complexity index is 1410. The fourth-order valence-electron chi connectivity index (χ4n) is 5.20. The van der Waals surface area contributed by atoms with Crippen LogP contribution in [0.25, 0.3) is 0 Å². The van der Waals surface area contributed by atoms with E-state index in [1.165, 1.54) is 19.0 Å². The summed E-state index contributed by atoms with van der Waals surface area (Å²) in [6.07, 6.45) is 5.40. The molecule has 42 heavy (non-hydrogen) atoms. The summed E-state index contributed by atoms with van der Waals surface area (Å²) in [6.45, 7) is -0.310. The largest absolute Gasteiger partial charge is 0.352 e. The second kappa shape index (κ2) is 14.8. The van der Waals surface area contributed by atoms with Gasteiger partial charge in [-0.15, -0.1) is 0 Å². The Kier molecular flexibility index (Phi) is 11.2. The zero-order valence-corrected chi connectivity index (χ0v) is 26.6. The summed E-state index contributed by atoms with van der Waals surface area (Å²) in [5.74, 6) is -0.690. The normalized spacial score (nSPS) is 14.8. The minimum atomic E-state index is -4.01. The van der Waals surface area contributed by atoms with Crippen LogP contribution in [0.1, 0.15) is 43.2 Å². The van der Waals surface area contributed by atoms with Gasteiger partial charge < -0.3 is 10.2 Å². The Hall–Kier alpha value is -3.21. The van der Waals surface area contributed by atoms with Gasteiger partial charge in [0, 0.05) is 37.6 Å². The first-order valence-corrected chi connectivity index (χ1v) is 16.5. The zero-order chi connectivity index (χ0) is 30.1. The standard InChI is InChI=1S/C32H39BrN4O4S/c1-35(2)42(40,41)37(29-16-10-5-11-17-29)24-31(38)36(23-26-18-20-27(33)21-19-26)30(22-25-12-6-3-7-13-25)32(39)34-28-14-8-4-9-15-28/h3,5-7,10-13,16-21,28,30H,4,8-9,14-15,22-24H2,1-2H3,(H,34,39)/t30-/m1/s1. The van der Waals surface area contributed by atoms with E-state index in [0.29, 0.717) is 12.1 Å². The number of hydrogen-bond donors (Lipinski definition) is 1. The lowest BCUT2D eigenvalue weighted by Crippen LogP contribution is -2.55. The van der Waals surface area contributed by atoms with Crippen LogP contribution in [-0.4, -0.2) is 62.2 Å². The highest BCUT2D eigenvalue weighted by Gasteiger charge is 2.35. The Morgan fingerprint density at radius 1 is 0.857 bits per heavy atom. The van der Waals surface area contributed by atoms with Crippen molar-refractivity contribution in [2.24, 2.45) is 0 Å². The third-order valence-electron chi connectivity index (χ3n) is 7.55. The molecule has 3 aromatic carbocycles. The number of hydrogen-bond acceptors (Lipinski definition) is 4. The van der Waals surface area contributed by atoms with Gasteiger partial charge in [-0.3, -0.25) is 9.59 Å². The van der Waals surface area contributed by atoms with Crippen molar-refractivity contribution in [2.45, 2.75) is 57.2 Å². The van der Waals surface area contributed by atoms with Crippen molar-refractivity contribution < 1.29 is 18.0 Å². The van der Waals surface area contributed by atoms with E-state index in [9.17, 15) is 18.0 Å². The van der Waals surface area contributed by atoms with Gasteiger partial charge in [0.15, 0.2) is 0 Å². The molecule has 0 radical (unpaired) electrons. The smallest absolute Gasteiger partial charge is 0.304 e. The van der Waals surface area contributed by atoms with Gasteiger partial charge in [0.25, 0.3) is 0 Å². The number of rotatable bonds is 12. The summed E-state index contributed by atoms with van der Waals surface area (Å²) in [5.41, 5.74) is 2.11. The van der Waals surface area contributed by atoms with Crippen molar-refractivity contribution in [1.82, 2.24) is 14.5 Å². The number of anilines is 1. The minimum absolute atomic E-state index is 0.0593. The van der Waals surface area contributed by atoms with Crippen LogP contribution in [0.3, 0.4) is 0 Å². The molecule has 1 N–H and O–H groups in total. The number of carbonyl (C=O) groups excluding carboxylic acids is 2. The molecule has 0 spiro atoms. The van der Waals surface area contributed by atoms with E-state index in [0.717, 1.165) is 56.3 Å². The molecule has 0 aromatic heterocycles. The predicted octanol–water partition coefficient (Wildman–Crippen LogP) is 5.15. The molecule has 0 bridgehead atoms. The zero-order valence-electron chi connectivity index (χ0n) is 24.2. The fourth-order valence-corrected chi connectivity index (χ4v) is 6.52. The van der Waals surface area contributed by atoms with Crippen LogP contribution in [0, 0.1) is 0 Å². The molecule has 1 aliphatic carbocycles. The molecule has 1 aliphatic rings. The number of benzene rings is 3. The maximum atomic E-state index is 14.3. The average molecular weight is 656 g/mol. The molecule has 3 aromatic rings. The van der Waals surface area contributed by atoms with Gasteiger partial charge in [0.05, 0.1) is 5.69 Å². The molecule has 0 heterocycles. The van der Waals surface area contributed by atoms with Crippen molar-refractivity contribution in [2.75, 3.05) is 24.9 Å². The van der Waals surface area contributed by atoms with Crippen LogP contribution in [0.5, 0.6) is 0 Å². The number of carbonyl (C=O) groups is 2. The van der Waals surface area contributed by atoms with Crippen molar-refractivity contribution in [3.05, 3.63) is 101 Å². The van der Waals surface area contributed by atoms with E-state index in [1.54, 1.807) is 30.3 Å². The third kappa shape index (κ3) is 8.42. The topological polar surface area (TPSA) is 90.0 Å². The first-order valence-electron chi connectivity index (χ1n) is 14.3. The van der Waals surface area contributed by atoms with E-state index < -0.39 is 28.7 Å². The number of amides is 2. The lowest BCUT2D eigenvalue weighted by Gasteiger charge is -2.35. The SMILES string of the molecule is CN(C)S(=O)(=O)N(CC(=O)N(Cc1ccc(Br)cc1)[C@H](Cc1ccccc1)C(=O)NC1CCCCC1)c1ccccc1. The number of nitrogens with zero attached hydrogens (tertiary/aromatic N) is 3. The molecule has 2 amide bonds. The molecule has 8 nitrogen and oxygen atoms in total. The van der Waals surface area contributed by atoms with Crippen molar-refractivity contribution in [3.63, 3.8) is 0 Å². The molecule has 1 fully saturated rings. The van der Waals surface area contributed by atoms with Crippen LogP contribution < -0.4 is 9.62 Å². The van der Waals surface area contributed by atoms with Crippen LogP contribution in [0.2, 0.25) is 0 Å². The molecule has 10 heteroatoms. The summed E-state index contributed by atoms with van der Waals surface area (Å²) in [7, 11) is -1.14. The first-order chi connectivity index (χ1) is 20.1. The number of halogens is 1. The lowest BCUT2D eigenvalue weighted by atomic mass is 9.94. The maximum Gasteiger partial charge on any atom is 0.304 e. The molecule has 1 atom stereocenters.